The van der Waals surface area contributed by atoms with Crippen LogP contribution < -0.4 is 0 Å². The molecule has 0 saturated carbocycles. The molecule has 0 aromatic rings. The molecule has 1 aliphatic rings. The molecule has 0 atom stereocenters. The van der Waals surface area contributed by atoms with Crippen molar-refractivity contribution >= 4 is 0 Å². The lowest BCUT2D eigenvalue weighted by Gasteiger charge is -2.20. The molecule has 0 spiro atoms. The van der Waals surface area contributed by atoms with Crippen molar-refractivity contribution in [2.75, 3.05) is 0 Å². The largest absolute Gasteiger partial charge is 0.494 e. The first kappa shape index (κ1) is 10.8. The molecule has 1 aliphatic heterocycles. The highest BCUT2D eigenvalue weighted by Crippen LogP contribution is 2.39. The zero-order chi connectivity index (χ0) is 11.6. The van der Waals surface area contributed by atoms with E-state index in [1.54, 1.807) is 32.9 Å². The van der Waals surface area contributed by atoms with Crippen LogP contribution in [0.15, 0.2) is 22.6 Å². The highest BCUT2D eigenvalue weighted by Gasteiger charge is 2.37. The summed E-state index contributed by atoms with van der Waals surface area (Å²) in [4.78, 5) is 3.31. The first-order valence-electron chi connectivity index (χ1n) is 4.30. The molecule has 0 saturated heterocycles. The van der Waals surface area contributed by atoms with Crippen molar-refractivity contribution in [2.24, 2.45) is 0 Å². The fraction of sp³-hybridized carbons (Fsp3) is 0.364. The third-order valence-electron chi connectivity index (χ3n) is 2.39. The third kappa shape index (κ3) is 1.56. The lowest BCUT2D eigenvalue weighted by molar-refractivity contribution is 0.0927. The Bertz CT molecular complexity index is 473. The maximum atomic E-state index is 8.72. The van der Waals surface area contributed by atoms with Crippen molar-refractivity contribution in [1.29, 1.82) is 10.5 Å². The summed E-state index contributed by atoms with van der Waals surface area (Å²) in [6.45, 7) is 12.4. The Morgan fingerprint density at radius 2 is 1.93 bits per heavy atom. The second kappa shape index (κ2) is 3.48. The minimum atomic E-state index is -0.617. The van der Waals surface area contributed by atoms with Crippen LogP contribution >= 0.6 is 0 Å². The first-order valence-corrected chi connectivity index (χ1v) is 4.30. The van der Waals surface area contributed by atoms with Crippen LogP contribution in [-0.4, -0.2) is 5.60 Å². The number of nitriles is 2. The molecule has 0 amide bonds. The van der Waals surface area contributed by atoms with Crippen molar-refractivity contribution in [3.63, 3.8) is 0 Å². The van der Waals surface area contributed by atoms with E-state index in [1.807, 2.05) is 0 Å². The second-order valence-electron chi connectivity index (χ2n) is 3.63. The van der Waals surface area contributed by atoms with E-state index in [1.165, 1.54) is 0 Å². The van der Waals surface area contributed by atoms with Crippen molar-refractivity contribution in [2.45, 2.75) is 26.4 Å². The van der Waals surface area contributed by atoms with Gasteiger partial charge in [0.2, 0.25) is 5.70 Å². The Kier molecular flexibility index (Phi) is 2.51. The van der Waals surface area contributed by atoms with E-state index in [4.69, 9.17) is 21.8 Å². The Hall–Kier alpha value is -2.25. The van der Waals surface area contributed by atoms with Gasteiger partial charge < -0.3 is 4.74 Å². The van der Waals surface area contributed by atoms with Crippen LogP contribution in [-0.2, 0) is 4.74 Å². The highest BCUT2D eigenvalue weighted by molar-refractivity contribution is 5.53. The van der Waals surface area contributed by atoms with Crippen LogP contribution in [0, 0.1) is 29.2 Å². The minimum Gasteiger partial charge on any atom is -0.494 e. The van der Waals surface area contributed by atoms with Gasteiger partial charge in [0.15, 0.2) is 11.3 Å². The summed E-state index contributed by atoms with van der Waals surface area (Å²) in [5, 5.41) is 17.4. The number of ether oxygens (including phenoxy) is 1. The summed E-state index contributed by atoms with van der Waals surface area (Å²) < 4.78 is 5.46. The molecule has 0 bridgehead atoms. The molecule has 0 unspecified atom stereocenters. The molecule has 0 radical (unpaired) electrons. The molecule has 0 N–H and O–H groups in total. The van der Waals surface area contributed by atoms with Gasteiger partial charge in [-0.25, -0.2) is 4.85 Å². The van der Waals surface area contributed by atoms with Crippen LogP contribution in [0.25, 0.3) is 4.85 Å². The van der Waals surface area contributed by atoms with Crippen molar-refractivity contribution in [3.05, 3.63) is 34.0 Å². The van der Waals surface area contributed by atoms with Gasteiger partial charge >= 0.3 is 0 Å². The average Bonchev–Trinajstić information content (AvgIpc) is 2.40. The van der Waals surface area contributed by atoms with Crippen LogP contribution in [0.2, 0.25) is 0 Å². The topological polar surface area (TPSA) is 61.2 Å². The number of hydrogen-bond donors (Lipinski definition) is 0. The second-order valence-corrected chi connectivity index (χ2v) is 3.63. The Morgan fingerprint density at radius 1 is 1.40 bits per heavy atom. The lowest BCUT2D eigenvalue weighted by atomic mass is 10.00. The number of hydrogen-bond acceptors (Lipinski definition) is 3. The van der Waals surface area contributed by atoms with Gasteiger partial charge in [-0.2, -0.15) is 10.5 Å². The normalized spacial score (nSPS) is 17.5. The molecule has 0 fully saturated rings. The molecule has 1 rings (SSSR count). The van der Waals surface area contributed by atoms with Gasteiger partial charge in [0.25, 0.3) is 0 Å². The van der Waals surface area contributed by atoms with Crippen LogP contribution in [0.1, 0.15) is 20.8 Å². The standard InChI is InChI=1S/C11H9N3O/c1-7-9(14-4)10(8(5-12)6-13)15-11(7,2)3/h1-3H3. The van der Waals surface area contributed by atoms with Gasteiger partial charge in [-0.1, -0.05) is 0 Å². The summed E-state index contributed by atoms with van der Waals surface area (Å²) in [6, 6.07) is 3.46. The maximum absolute atomic E-state index is 8.72. The summed E-state index contributed by atoms with van der Waals surface area (Å²) in [7, 11) is 0. The molecule has 4 nitrogen and oxygen atoms in total. The van der Waals surface area contributed by atoms with Crippen LogP contribution in [0.4, 0.5) is 0 Å². The molecule has 74 valence electrons. The van der Waals surface area contributed by atoms with E-state index in [9.17, 15) is 0 Å². The van der Waals surface area contributed by atoms with Crippen LogP contribution in [0.5, 0.6) is 0 Å². The molecular weight excluding hydrogens is 190 g/mol. The summed E-state index contributed by atoms with van der Waals surface area (Å²) >= 11 is 0. The Morgan fingerprint density at radius 3 is 2.33 bits per heavy atom. The predicted molar refractivity (Wildman–Crippen MR) is 52.7 cm³/mol. The van der Waals surface area contributed by atoms with Gasteiger partial charge in [0, 0.05) is 0 Å². The fourth-order valence-electron chi connectivity index (χ4n) is 1.27. The zero-order valence-corrected chi connectivity index (χ0v) is 8.75. The van der Waals surface area contributed by atoms with Gasteiger partial charge in [0.1, 0.15) is 17.7 Å². The van der Waals surface area contributed by atoms with E-state index in [0.29, 0.717) is 0 Å². The number of allylic oxidation sites excluding steroid dienone is 1. The smallest absolute Gasteiger partial charge is 0.233 e. The summed E-state index contributed by atoms with van der Waals surface area (Å²) in [5.74, 6) is 0.109. The molecule has 4 heteroatoms. The van der Waals surface area contributed by atoms with E-state index in [0.717, 1.165) is 5.57 Å². The molecule has 0 aromatic carbocycles. The van der Waals surface area contributed by atoms with Crippen LogP contribution in [0.3, 0.4) is 0 Å². The van der Waals surface area contributed by atoms with Crippen molar-refractivity contribution in [3.8, 4) is 12.1 Å². The van der Waals surface area contributed by atoms with Gasteiger partial charge in [-0.3, -0.25) is 0 Å². The lowest BCUT2D eigenvalue weighted by Crippen LogP contribution is -2.20. The molecule has 1 heterocycles. The monoisotopic (exact) mass is 199 g/mol. The van der Waals surface area contributed by atoms with E-state index in [-0.39, 0.29) is 17.0 Å². The average molecular weight is 199 g/mol. The number of rotatable bonds is 0. The third-order valence-corrected chi connectivity index (χ3v) is 2.39. The molecule has 15 heavy (non-hydrogen) atoms. The molecule has 0 aliphatic carbocycles. The predicted octanol–water partition coefficient (Wildman–Crippen LogP) is 2.29. The van der Waals surface area contributed by atoms with E-state index < -0.39 is 5.60 Å². The first-order chi connectivity index (χ1) is 6.97. The zero-order valence-electron chi connectivity index (χ0n) is 8.75. The number of nitrogens with zero attached hydrogens (tertiary/aromatic N) is 3. The Balaban J connectivity index is 3.47. The molecular formula is C11H9N3O. The quantitative estimate of drug-likeness (QED) is 0.444. The minimum absolute atomic E-state index is 0.109. The van der Waals surface area contributed by atoms with Gasteiger partial charge in [0.05, 0.1) is 6.57 Å². The fourth-order valence-corrected chi connectivity index (χ4v) is 1.27. The van der Waals surface area contributed by atoms with E-state index >= 15 is 0 Å². The van der Waals surface area contributed by atoms with Crippen molar-refractivity contribution < 1.29 is 4.74 Å². The van der Waals surface area contributed by atoms with E-state index in [2.05, 4.69) is 4.85 Å². The van der Waals surface area contributed by atoms with Gasteiger partial charge in [-0.15, -0.1) is 0 Å². The summed E-state index contributed by atoms with van der Waals surface area (Å²) in [6.07, 6.45) is 0. The SMILES string of the molecule is [C-]#[N+]C1=C(C)C(C)(C)OC1=C(C#N)C#N. The Labute approximate surface area is 88.5 Å². The maximum Gasteiger partial charge on any atom is 0.233 e. The van der Waals surface area contributed by atoms with Gasteiger partial charge in [-0.05, 0) is 26.3 Å². The van der Waals surface area contributed by atoms with Crippen molar-refractivity contribution in [1.82, 2.24) is 0 Å². The highest BCUT2D eigenvalue weighted by atomic mass is 16.5. The molecule has 0 aromatic heterocycles. The summed E-state index contributed by atoms with van der Waals surface area (Å²) in [5.41, 5.74) is 0.258.